The van der Waals surface area contributed by atoms with E-state index in [2.05, 4.69) is 10.5 Å². The fraction of sp³-hybridized carbons (Fsp3) is 0.188. The highest BCUT2D eigenvalue weighted by atomic mass is 16.6. The second-order valence-electron chi connectivity index (χ2n) is 4.62. The summed E-state index contributed by atoms with van der Waals surface area (Å²) >= 11 is 0. The number of non-ortho nitro benzene ring substituents is 1. The van der Waals surface area contributed by atoms with Crippen LogP contribution in [0.1, 0.15) is 5.56 Å². The number of hydrogen-bond acceptors (Lipinski definition) is 7. The van der Waals surface area contributed by atoms with Crippen LogP contribution in [0.5, 0.6) is 17.2 Å². The minimum absolute atomic E-state index is 0.0187. The predicted molar refractivity (Wildman–Crippen MR) is 90.4 cm³/mol. The Morgan fingerprint density at radius 1 is 1.08 bits per heavy atom. The number of nitro groups is 1. The summed E-state index contributed by atoms with van der Waals surface area (Å²) < 4.78 is 15.8. The van der Waals surface area contributed by atoms with Gasteiger partial charge in [0, 0.05) is 24.3 Å². The summed E-state index contributed by atoms with van der Waals surface area (Å²) in [6.45, 7) is 0. The van der Waals surface area contributed by atoms with Gasteiger partial charge < -0.3 is 14.2 Å². The Kier molecular flexibility index (Phi) is 5.56. The van der Waals surface area contributed by atoms with Crippen molar-refractivity contribution in [2.45, 2.75) is 0 Å². The highest BCUT2D eigenvalue weighted by Gasteiger charge is 2.11. The molecule has 0 aliphatic rings. The first-order chi connectivity index (χ1) is 11.6. The Labute approximate surface area is 138 Å². The molecule has 0 aliphatic carbocycles. The third-order valence-corrected chi connectivity index (χ3v) is 3.20. The third kappa shape index (κ3) is 3.92. The van der Waals surface area contributed by atoms with Crippen molar-refractivity contribution in [3.8, 4) is 17.2 Å². The first kappa shape index (κ1) is 17.1. The summed E-state index contributed by atoms with van der Waals surface area (Å²) in [4.78, 5) is 10.3. The van der Waals surface area contributed by atoms with Gasteiger partial charge in [-0.3, -0.25) is 15.5 Å². The topological polar surface area (TPSA) is 95.2 Å². The van der Waals surface area contributed by atoms with E-state index in [4.69, 9.17) is 14.2 Å². The summed E-state index contributed by atoms with van der Waals surface area (Å²) in [7, 11) is 4.60. The Morgan fingerprint density at radius 2 is 1.75 bits per heavy atom. The summed E-state index contributed by atoms with van der Waals surface area (Å²) in [6, 6.07) is 9.45. The molecule has 0 radical (unpaired) electrons. The zero-order valence-electron chi connectivity index (χ0n) is 13.5. The molecule has 8 heteroatoms. The van der Waals surface area contributed by atoms with Crippen LogP contribution in [-0.2, 0) is 0 Å². The van der Waals surface area contributed by atoms with Crippen molar-refractivity contribution in [2.24, 2.45) is 5.10 Å². The normalized spacial score (nSPS) is 10.5. The molecule has 2 aromatic carbocycles. The Bertz CT molecular complexity index is 736. The van der Waals surface area contributed by atoms with Gasteiger partial charge in [-0.15, -0.1) is 0 Å². The van der Waals surface area contributed by atoms with E-state index in [1.54, 1.807) is 31.4 Å². The molecular formula is C16H17N3O5. The number of nitro benzene ring substituents is 1. The maximum atomic E-state index is 10.8. The molecular weight excluding hydrogens is 314 g/mol. The van der Waals surface area contributed by atoms with Crippen molar-refractivity contribution < 1.29 is 19.1 Å². The van der Waals surface area contributed by atoms with E-state index in [9.17, 15) is 10.1 Å². The van der Waals surface area contributed by atoms with Crippen molar-refractivity contribution in [1.82, 2.24) is 0 Å². The van der Waals surface area contributed by atoms with Gasteiger partial charge in [-0.05, 0) is 6.07 Å². The first-order valence-electron chi connectivity index (χ1n) is 6.92. The smallest absolute Gasteiger partial charge is 0.271 e. The number of nitrogens with one attached hydrogen (secondary N) is 1. The van der Waals surface area contributed by atoms with Gasteiger partial charge in [-0.25, -0.2) is 0 Å². The van der Waals surface area contributed by atoms with Gasteiger partial charge in [-0.2, -0.15) is 5.10 Å². The molecule has 0 heterocycles. The average molecular weight is 331 g/mol. The summed E-state index contributed by atoms with van der Waals surface area (Å²) in [5.74, 6) is 1.64. The molecule has 0 amide bonds. The zero-order chi connectivity index (χ0) is 17.5. The maximum Gasteiger partial charge on any atom is 0.271 e. The van der Waals surface area contributed by atoms with Crippen LogP contribution in [-0.4, -0.2) is 32.5 Å². The van der Waals surface area contributed by atoms with E-state index in [0.29, 0.717) is 28.5 Å². The number of rotatable bonds is 7. The quantitative estimate of drug-likeness (QED) is 0.476. The number of benzene rings is 2. The van der Waals surface area contributed by atoms with Crippen molar-refractivity contribution in [2.75, 3.05) is 26.8 Å². The van der Waals surface area contributed by atoms with Gasteiger partial charge in [0.2, 0.25) is 0 Å². The molecule has 8 nitrogen and oxygen atoms in total. The molecule has 0 aromatic heterocycles. The number of ether oxygens (including phenoxy) is 3. The molecule has 2 rings (SSSR count). The lowest BCUT2D eigenvalue weighted by Crippen LogP contribution is -1.99. The van der Waals surface area contributed by atoms with Crippen LogP contribution < -0.4 is 19.6 Å². The number of hydrogen-bond donors (Lipinski definition) is 1. The van der Waals surface area contributed by atoms with Gasteiger partial charge in [0.25, 0.3) is 5.69 Å². The van der Waals surface area contributed by atoms with Gasteiger partial charge in [0.1, 0.15) is 17.2 Å². The van der Waals surface area contributed by atoms with Crippen LogP contribution in [0, 0.1) is 10.1 Å². The van der Waals surface area contributed by atoms with Gasteiger partial charge >= 0.3 is 0 Å². The zero-order valence-corrected chi connectivity index (χ0v) is 13.5. The first-order valence-corrected chi connectivity index (χ1v) is 6.92. The molecule has 0 saturated heterocycles. The molecule has 0 bridgehead atoms. The molecule has 0 fully saturated rings. The van der Waals surface area contributed by atoms with E-state index in [-0.39, 0.29) is 5.69 Å². The Balaban J connectivity index is 2.25. The van der Waals surface area contributed by atoms with Crippen LogP contribution in [0.15, 0.2) is 41.5 Å². The van der Waals surface area contributed by atoms with E-state index >= 15 is 0 Å². The monoisotopic (exact) mass is 331 g/mol. The van der Waals surface area contributed by atoms with E-state index in [1.165, 1.54) is 32.6 Å². The second kappa shape index (κ2) is 7.82. The van der Waals surface area contributed by atoms with Crippen molar-refractivity contribution >= 4 is 17.6 Å². The van der Waals surface area contributed by atoms with Crippen LogP contribution in [0.2, 0.25) is 0 Å². The molecule has 0 atom stereocenters. The highest BCUT2D eigenvalue weighted by Crippen LogP contribution is 2.32. The second-order valence-corrected chi connectivity index (χ2v) is 4.62. The van der Waals surface area contributed by atoms with E-state index < -0.39 is 4.92 Å². The van der Waals surface area contributed by atoms with Crippen LogP contribution >= 0.6 is 0 Å². The lowest BCUT2D eigenvalue weighted by molar-refractivity contribution is -0.384. The minimum Gasteiger partial charge on any atom is -0.496 e. The van der Waals surface area contributed by atoms with Crippen LogP contribution in [0.25, 0.3) is 0 Å². The van der Waals surface area contributed by atoms with E-state index in [1.807, 2.05) is 0 Å². The number of anilines is 1. The Morgan fingerprint density at radius 3 is 2.29 bits per heavy atom. The van der Waals surface area contributed by atoms with Crippen molar-refractivity contribution in [1.29, 1.82) is 0 Å². The van der Waals surface area contributed by atoms with Crippen molar-refractivity contribution in [3.63, 3.8) is 0 Å². The minimum atomic E-state index is -0.468. The fourth-order valence-electron chi connectivity index (χ4n) is 2.02. The largest absolute Gasteiger partial charge is 0.496 e. The molecule has 0 spiro atoms. The highest BCUT2D eigenvalue weighted by molar-refractivity contribution is 5.88. The average Bonchev–Trinajstić information content (AvgIpc) is 2.61. The molecule has 24 heavy (non-hydrogen) atoms. The molecule has 0 unspecified atom stereocenters. The standard InChI is InChI=1S/C16H17N3O5/c1-22-13-8-15(23-2)14(16(9-13)24-3)10-17-18-11-5-4-6-12(7-11)19(20)21/h4-10,18H,1-3H3/b17-10+. The van der Waals surface area contributed by atoms with Crippen LogP contribution in [0.4, 0.5) is 11.4 Å². The van der Waals surface area contributed by atoms with E-state index in [0.717, 1.165) is 0 Å². The maximum absolute atomic E-state index is 10.8. The fourth-order valence-corrected chi connectivity index (χ4v) is 2.02. The lowest BCUT2D eigenvalue weighted by Gasteiger charge is -2.12. The Hall–Kier alpha value is -3.29. The predicted octanol–water partition coefficient (Wildman–Crippen LogP) is 3.07. The number of methoxy groups -OCH3 is 3. The summed E-state index contributed by atoms with van der Waals surface area (Å²) in [5, 5.41) is 14.9. The van der Waals surface area contributed by atoms with Crippen LogP contribution in [0.3, 0.4) is 0 Å². The van der Waals surface area contributed by atoms with Crippen molar-refractivity contribution in [3.05, 3.63) is 52.1 Å². The summed E-state index contributed by atoms with van der Waals surface area (Å²) in [6.07, 6.45) is 1.51. The number of nitrogens with zero attached hydrogens (tertiary/aromatic N) is 2. The lowest BCUT2D eigenvalue weighted by atomic mass is 10.2. The summed E-state index contributed by atoms with van der Waals surface area (Å²) in [5.41, 5.74) is 3.83. The van der Waals surface area contributed by atoms with Gasteiger partial charge in [0.05, 0.1) is 43.7 Å². The van der Waals surface area contributed by atoms with Gasteiger partial charge in [-0.1, -0.05) is 6.07 Å². The molecule has 126 valence electrons. The molecule has 2 aromatic rings. The molecule has 0 saturated carbocycles. The third-order valence-electron chi connectivity index (χ3n) is 3.20. The SMILES string of the molecule is COc1cc(OC)c(/C=N/Nc2cccc([N+](=O)[O-])c2)c(OC)c1. The van der Waals surface area contributed by atoms with Gasteiger partial charge in [0.15, 0.2) is 0 Å². The molecule has 1 N–H and O–H groups in total. The molecule has 0 aliphatic heterocycles. The number of hydrazone groups is 1.